The molecule has 1 aliphatic carbocycles. The van der Waals surface area contributed by atoms with Crippen LogP contribution in [0.15, 0.2) is 15.0 Å². The van der Waals surface area contributed by atoms with Crippen molar-refractivity contribution in [3.05, 3.63) is 17.7 Å². The summed E-state index contributed by atoms with van der Waals surface area (Å²) in [7, 11) is 0. The van der Waals surface area contributed by atoms with Crippen LogP contribution in [0.3, 0.4) is 0 Å². The van der Waals surface area contributed by atoms with Gasteiger partial charge in [-0.3, -0.25) is 0 Å². The van der Waals surface area contributed by atoms with Crippen LogP contribution < -0.4 is 0 Å². The van der Waals surface area contributed by atoms with Crippen molar-refractivity contribution in [3.63, 3.8) is 0 Å². The molecule has 0 saturated heterocycles. The molecule has 3 rings (SSSR count). The minimum atomic E-state index is -0.0758. The zero-order valence-corrected chi connectivity index (χ0v) is 13.8. The van der Waals surface area contributed by atoms with Gasteiger partial charge in [0.2, 0.25) is 5.89 Å². The van der Waals surface area contributed by atoms with E-state index in [0.717, 1.165) is 24.5 Å². The first-order chi connectivity index (χ1) is 10.5. The predicted molar refractivity (Wildman–Crippen MR) is 83.6 cm³/mol. The lowest BCUT2D eigenvalue weighted by molar-refractivity contribution is 0.329. The molecule has 1 fully saturated rings. The number of rotatable bonds is 2. The summed E-state index contributed by atoms with van der Waals surface area (Å²) in [5.41, 5.74) is 0.558. The van der Waals surface area contributed by atoms with Crippen LogP contribution in [0.1, 0.15) is 83.3 Å². The van der Waals surface area contributed by atoms with Crippen LogP contribution >= 0.6 is 0 Å². The number of hydrogen-bond donors (Lipinski definition) is 0. The Labute approximate surface area is 131 Å². The minimum Gasteiger partial charge on any atom is -0.419 e. The second-order valence-electron chi connectivity index (χ2n) is 7.31. The van der Waals surface area contributed by atoms with Gasteiger partial charge < -0.3 is 8.94 Å². The fourth-order valence-corrected chi connectivity index (χ4v) is 2.94. The molecule has 0 unspecified atom stereocenters. The number of nitrogens with zero attached hydrogens (tertiary/aromatic N) is 3. The third-order valence-electron chi connectivity index (χ3n) is 4.36. The molecule has 5 heteroatoms. The highest BCUT2D eigenvalue weighted by atomic mass is 16.5. The van der Waals surface area contributed by atoms with Crippen molar-refractivity contribution in [2.45, 2.75) is 77.0 Å². The highest BCUT2D eigenvalue weighted by Gasteiger charge is 2.24. The average molecular weight is 303 g/mol. The highest BCUT2D eigenvalue weighted by molar-refractivity contribution is 5.46. The molecule has 0 aromatic carbocycles. The highest BCUT2D eigenvalue weighted by Crippen LogP contribution is 2.32. The summed E-state index contributed by atoms with van der Waals surface area (Å²) >= 11 is 0. The Kier molecular flexibility index (Phi) is 4.32. The molecule has 120 valence electrons. The van der Waals surface area contributed by atoms with Crippen LogP contribution in [-0.2, 0) is 5.41 Å². The van der Waals surface area contributed by atoms with Crippen molar-refractivity contribution in [1.82, 2.24) is 15.4 Å². The quantitative estimate of drug-likeness (QED) is 0.793. The maximum absolute atomic E-state index is 5.89. The second kappa shape index (κ2) is 6.23. The molecule has 22 heavy (non-hydrogen) atoms. The van der Waals surface area contributed by atoms with Gasteiger partial charge in [-0.1, -0.05) is 58.0 Å². The SMILES string of the molecule is CC(C)(C)c1cc(-c2nnc(C3CCCCCCC3)o2)no1. The molecule has 0 N–H and O–H groups in total. The molecule has 0 atom stereocenters. The summed E-state index contributed by atoms with van der Waals surface area (Å²) in [5, 5.41) is 12.5. The second-order valence-corrected chi connectivity index (χ2v) is 7.31. The molecule has 2 heterocycles. The van der Waals surface area contributed by atoms with Crippen LogP contribution in [0.4, 0.5) is 0 Å². The van der Waals surface area contributed by atoms with Crippen molar-refractivity contribution in [2.24, 2.45) is 0 Å². The van der Waals surface area contributed by atoms with Gasteiger partial charge in [0, 0.05) is 17.4 Å². The van der Waals surface area contributed by atoms with Gasteiger partial charge in [-0.05, 0) is 12.8 Å². The van der Waals surface area contributed by atoms with E-state index in [9.17, 15) is 0 Å². The topological polar surface area (TPSA) is 65.0 Å². The number of aromatic nitrogens is 3. The van der Waals surface area contributed by atoms with Crippen LogP contribution in [0.25, 0.3) is 11.6 Å². The molecule has 2 aromatic rings. The van der Waals surface area contributed by atoms with Crippen molar-refractivity contribution in [2.75, 3.05) is 0 Å². The lowest BCUT2D eigenvalue weighted by Gasteiger charge is -2.15. The Hall–Kier alpha value is -1.65. The largest absolute Gasteiger partial charge is 0.419 e. The predicted octanol–water partition coefficient (Wildman–Crippen LogP) is 4.85. The Balaban J connectivity index is 1.76. The van der Waals surface area contributed by atoms with Gasteiger partial charge in [0.15, 0.2) is 5.69 Å². The van der Waals surface area contributed by atoms with Gasteiger partial charge in [0.05, 0.1) is 0 Å². The average Bonchev–Trinajstić information content (AvgIpc) is 3.06. The summed E-state index contributed by atoms with van der Waals surface area (Å²) in [6.07, 6.45) is 8.78. The normalized spacial score (nSPS) is 18.1. The lowest BCUT2D eigenvalue weighted by atomic mass is 9.91. The van der Waals surface area contributed by atoms with Gasteiger partial charge in [-0.15, -0.1) is 10.2 Å². The van der Waals surface area contributed by atoms with E-state index in [1.54, 1.807) is 0 Å². The van der Waals surface area contributed by atoms with E-state index >= 15 is 0 Å². The van der Waals surface area contributed by atoms with E-state index in [1.165, 1.54) is 32.1 Å². The maximum Gasteiger partial charge on any atom is 0.269 e. The Bertz CT molecular complexity index is 601. The fourth-order valence-electron chi connectivity index (χ4n) is 2.94. The monoisotopic (exact) mass is 303 g/mol. The zero-order valence-electron chi connectivity index (χ0n) is 13.8. The zero-order chi connectivity index (χ0) is 15.6. The minimum absolute atomic E-state index is 0.0758. The Morgan fingerprint density at radius 1 is 1.00 bits per heavy atom. The Morgan fingerprint density at radius 3 is 2.32 bits per heavy atom. The van der Waals surface area contributed by atoms with Crippen LogP contribution in [0.5, 0.6) is 0 Å². The van der Waals surface area contributed by atoms with Gasteiger partial charge in [0.25, 0.3) is 5.89 Å². The summed E-state index contributed by atoms with van der Waals surface area (Å²) in [6, 6.07) is 1.90. The Morgan fingerprint density at radius 2 is 1.68 bits per heavy atom. The summed E-state index contributed by atoms with van der Waals surface area (Å²) in [6.45, 7) is 6.27. The first-order valence-corrected chi connectivity index (χ1v) is 8.35. The molecule has 2 aromatic heterocycles. The van der Waals surface area contributed by atoms with Gasteiger partial charge in [-0.2, -0.15) is 0 Å². The number of hydrogen-bond acceptors (Lipinski definition) is 5. The first-order valence-electron chi connectivity index (χ1n) is 8.35. The van der Waals surface area contributed by atoms with Crippen LogP contribution in [0.2, 0.25) is 0 Å². The van der Waals surface area contributed by atoms with E-state index < -0.39 is 0 Å². The summed E-state index contributed by atoms with van der Waals surface area (Å²) in [5.74, 6) is 2.46. The molecule has 0 aliphatic heterocycles. The van der Waals surface area contributed by atoms with Gasteiger partial charge in [0.1, 0.15) is 5.76 Å². The molecular weight excluding hydrogens is 278 g/mol. The summed E-state index contributed by atoms with van der Waals surface area (Å²) < 4.78 is 11.3. The standard InChI is InChI=1S/C17H25N3O2/c1-17(2,3)14-11-13(20-22-14)16-19-18-15(21-16)12-9-7-5-4-6-8-10-12/h11-12H,4-10H2,1-3H3. The van der Waals surface area contributed by atoms with Crippen molar-refractivity contribution < 1.29 is 8.94 Å². The lowest BCUT2D eigenvalue weighted by Crippen LogP contribution is -2.09. The third kappa shape index (κ3) is 3.39. The molecule has 0 amide bonds. The fraction of sp³-hybridized carbons (Fsp3) is 0.706. The third-order valence-corrected chi connectivity index (χ3v) is 4.36. The van der Waals surface area contributed by atoms with E-state index in [4.69, 9.17) is 8.94 Å². The van der Waals surface area contributed by atoms with E-state index in [0.29, 0.717) is 17.5 Å². The molecule has 1 aliphatic rings. The summed E-state index contributed by atoms with van der Waals surface area (Å²) in [4.78, 5) is 0. The molecule has 1 saturated carbocycles. The molecule has 0 radical (unpaired) electrons. The van der Waals surface area contributed by atoms with E-state index in [-0.39, 0.29) is 5.41 Å². The van der Waals surface area contributed by atoms with Gasteiger partial charge in [-0.25, -0.2) is 0 Å². The van der Waals surface area contributed by atoms with E-state index in [2.05, 4.69) is 36.1 Å². The van der Waals surface area contributed by atoms with E-state index in [1.807, 2.05) is 6.07 Å². The molecular formula is C17H25N3O2. The van der Waals surface area contributed by atoms with Crippen molar-refractivity contribution >= 4 is 0 Å². The first kappa shape index (κ1) is 15.3. The molecule has 0 spiro atoms. The van der Waals surface area contributed by atoms with Crippen molar-refractivity contribution in [3.8, 4) is 11.6 Å². The molecule has 5 nitrogen and oxygen atoms in total. The van der Waals surface area contributed by atoms with Gasteiger partial charge >= 0.3 is 0 Å². The van der Waals surface area contributed by atoms with Crippen LogP contribution in [-0.4, -0.2) is 15.4 Å². The molecule has 0 bridgehead atoms. The van der Waals surface area contributed by atoms with Crippen LogP contribution in [0, 0.1) is 0 Å². The van der Waals surface area contributed by atoms with Crippen molar-refractivity contribution in [1.29, 1.82) is 0 Å². The maximum atomic E-state index is 5.89. The smallest absolute Gasteiger partial charge is 0.269 e.